The van der Waals surface area contributed by atoms with Crippen molar-refractivity contribution in [2.24, 2.45) is 0 Å². The second-order valence-corrected chi connectivity index (χ2v) is 5.42. The van der Waals surface area contributed by atoms with Crippen LogP contribution < -0.4 is 11.0 Å². The van der Waals surface area contributed by atoms with Crippen LogP contribution in [0.5, 0.6) is 0 Å². The van der Waals surface area contributed by atoms with Crippen molar-refractivity contribution in [1.29, 1.82) is 0 Å². The molecule has 0 spiro atoms. The number of aryl methyl sites for hydroxylation is 2. The van der Waals surface area contributed by atoms with Crippen molar-refractivity contribution in [3.8, 4) is 0 Å². The van der Waals surface area contributed by atoms with E-state index in [1.165, 1.54) is 0 Å². The normalized spacial score (nSPS) is 12.4. The number of para-hydroxylation sites is 2. The molecule has 0 unspecified atom stereocenters. The van der Waals surface area contributed by atoms with Gasteiger partial charge in [0.1, 0.15) is 5.82 Å². The fourth-order valence-corrected chi connectivity index (χ4v) is 2.47. The third-order valence-electron chi connectivity index (χ3n) is 3.62. The molecule has 8 heteroatoms. The van der Waals surface area contributed by atoms with Gasteiger partial charge < -0.3 is 10.3 Å². The maximum absolute atomic E-state index is 12.1. The molecule has 0 bridgehead atoms. The Balaban J connectivity index is 1.64. The molecule has 0 saturated carbocycles. The number of aromatic nitrogens is 5. The summed E-state index contributed by atoms with van der Waals surface area (Å²) >= 11 is 0. The van der Waals surface area contributed by atoms with Gasteiger partial charge in [-0.15, -0.1) is 0 Å². The molecule has 23 heavy (non-hydrogen) atoms. The Morgan fingerprint density at radius 3 is 2.91 bits per heavy atom. The highest BCUT2D eigenvalue weighted by Crippen LogP contribution is 2.10. The molecule has 3 N–H and O–H groups in total. The summed E-state index contributed by atoms with van der Waals surface area (Å²) in [5.74, 6) is 1.09. The van der Waals surface area contributed by atoms with Crippen LogP contribution in [0.1, 0.15) is 31.0 Å². The Kier molecular flexibility index (Phi) is 3.96. The molecular weight excluding hydrogens is 296 g/mol. The number of amides is 1. The van der Waals surface area contributed by atoms with Crippen LogP contribution in [-0.2, 0) is 11.3 Å². The van der Waals surface area contributed by atoms with E-state index in [0.29, 0.717) is 18.2 Å². The van der Waals surface area contributed by atoms with E-state index in [0.717, 1.165) is 11.0 Å². The summed E-state index contributed by atoms with van der Waals surface area (Å²) in [5.41, 5.74) is 1.35. The predicted octanol–water partition coefficient (Wildman–Crippen LogP) is 1.02. The Labute approximate surface area is 131 Å². The number of nitrogens with zero attached hydrogens (tertiary/aromatic N) is 3. The Morgan fingerprint density at radius 1 is 1.39 bits per heavy atom. The van der Waals surface area contributed by atoms with Gasteiger partial charge in [0.15, 0.2) is 5.82 Å². The molecule has 1 aromatic carbocycles. The minimum atomic E-state index is -0.285. The number of hydrogen-bond donors (Lipinski definition) is 3. The molecule has 120 valence electrons. The summed E-state index contributed by atoms with van der Waals surface area (Å²) in [5, 5.41) is 9.60. The molecule has 0 saturated heterocycles. The summed E-state index contributed by atoms with van der Waals surface area (Å²) in [6.07, 6.45) is 0.204. The van der Waals surface area contributed by atoms with Crippen LogP contribution in [0.4, 0.5) is 0 Å². The standard InChI is InChI=1S/C15H18N6O2/c1-9(14-17-10(2)19-20-14)16-13(22)7-8-21-12-6-4-3-5-11(12)18-15(21)23/h3-6,9H,7-8H2,1-2H3,(H,16,22)(H,18,23)(H,17,19,20)/t9-/m1/s1. The number of H-pyrrole nitrogens is 2. The fourth-order valence-electron chi connectivity index (χ4n) is 2.47. The monoisotopic (exact) mass is 314 g/mol. The average molecular weight is 314 g/mol. The van der Waals surface area contributed by atoms with Crippen LogP contribution in [0.3, 0.4) is 0 Å². The molecule has 3 aromatic rings. The lowest BCUT2D eigenvalue weighted by molar-refractivity contribution is -0.122. The zero-order valence-electron chi connectivity index (χ0n) is 13.0. The quantitative estimate of drug-likeness (QED) is 0.653. The topological polar surface area (TPSA) is 108 Å². The van der Waals surface area contributed by atoms with Crippen molar-refractivity contribution in [2.45, 2.75) is 32.9 Å². The molecule has 2 heterocycles. The van der Waals surface area contributed by atoms with Crippen LogP contribution in [-0.4, -0.2) is 30.6 Å². The third kappa shape index (κ3) is 3.15. The second kappa shape index (κ2) is 6.07. The van der Waals surface area contributed by atoms with E-state index in [1.54, 1.807) is 11.5 Å². The summed E-state index contributed by atoms with van der Waals surface area (Å²) in [6.45, 7) is 3.93. The molecule has 0 fully saturated rings. The first-order valence-corrected chi connectivity index (χ1v) is 7.40. The van der Waals surface area contributed by atoms with E-state index in [9.17, 15) is 9.59 Å². The van der Waals surface area contributed by atoms with Crippen LogP contribution in [0.25, 0.3) is 11.0 Å². The number of rotatable bonds is 5. The van der Waals surface area contributed by atoms with E-state index in [4.69, 9.17) is 0 Å². The number of fused-ring (bicyclic) bond motifs is 1. The van der Waals surface area contributed by atoms with Crippen molar-refractivity contribution in [1.82, 2.24) is 30.0 Å². The van der Waals surface area contributed by atoms with Gasteiger partial charge in [0, 0.05) is 13.0 Å². The molecule has 1 amide bonds. The SMILES string of the molecule is Cc1nc([C@@H](C)NC(=O)CCn2c(=O)[nH]c3ccccc32)n[nH]1. The third-order valence-corrected chi connectivity index (χ3v) is 3.62. The summed E-state index contributed by atoms with van der Waals surface area (Å²) in [4.78, 5) is 31.0. The first-order chi connectivity index (χ1) is 11.0. The van der Waals surface area contributed by atoms with E-state index in [1.807, 2.05) is 31.2 Å². The summed E-state index contributed by atoms with van der Waals surface area (Å²) < 4.78 is 1.57. The number of carbonyl (C=O) groups is 1. The van der Waals surface area contributed by atoms with Crippen molar-refractivity contribution >= 4 is 16.9 Å². The molecule has 0 aliphatic rings. The second-order valence-electron chi connectivity index (χ2n) is 5.42. The molecule has 2 aromatic heterocycles. The lowest BCUT2D eigenvalue weighted by atomic mass is 10.3. The van der Waals surface area contributed by atoms with E-state index < -0.39 is 0 Å². The molecule has 3 rings (SSSR count). The van der Waals surface area contributed by atoms with Crippen molar-refractivity contribution < 1.29 is 4.79 Å². The van der Waals surface area contributed by atoms with Gasteiger partial charge >= 0.3 is 5.69 Å². The molecule has 8 nitrogen and oxygen atoms in total. The van der Waals surface area contributed by atoms with Crippen LogP contribution in [0.15, 0.2) is 29.1 Å². The van der Waals surface area contributed by atoms with E-state index in [-0.39, 0.29) is 24.1 Å². The van der Waals surface area contributed by atoms with Crippen LogP contribution in [0, 0.1) is 6.92 Å². The number of aromatic amines is 2. The predicted molar refractivity (Wildman–Crippen MR) is 84.9 cm³/mol. The number of imidazole rings is 1. The molecule has 0 aliphatic carbocycles. The number of carbonyl (C=O) groups excluding carboxylic acids is 1. The van der Waals surface area contributed by atoms with E-state index in [2.05, 4.69) is 25.5 Å². The highest BCUT2D eigenvalue weighted by atomic mass is 16.2. The van der Waals surface area contributed by atoms with Crippen LogP contribution in [0.2, 0.25) is 0 Å². The zero-order valence-corrected chi connectivity index (χ0v) is 13.0. The van der Waals surface area contributed by atoms with Gasteiger partial charge in [-0.25, -0.2) is 9.78 Å². The molecular formula is C15H18N6O2. The minimum Gasteiger partial charge on any atom is -0.346 e. The Morgan fingerprint density at radius 2 is 2.17 bits per heavy atom. The largest absolute Gasteiger partial charge is 0.346 e. The maximum Gasteiger partial charge on any atom is 0.326 e. The molecule has 0 aliphatic heterocycles. The Hall–Kier alpha value is -2.90. The van der Waals surface area contributed by atoms with Gasteiger partial charge in [-0.3, -0.25) is 14.5 Å². The molecule has 1 atom stereocenters. The maximum atomic E-state index is 12.1. The lowest BCUT2D eigenvalue weighted by Gasteiger charge is -2.10. The number of benzene rings is 1. The van der Waals surface area contributed by atoms with E-state index >= 15 is 0 Å². The Bertz CT molecular complexity index is 891. The highest BCUT2D eigenvalue weighted by molar-refractivity contribution is 5.77. The zero-order chi connectivity index (χ0) is 16.4. The molecule has 0 radical (unpaired) electrons. The number of hydrogen-bond acceptors (Lipinski definition) is 4. The highest BCUT2D eigenvalue weighted by Gasteiger charge is 2.14. The summed E-state index contributed by atoms with van der Waals surface area (Å²) in [6, 6.07) is 7.12. The smallest absolute Gasteiger partial charge is 0.326 e. The van der Waals surface area contributed by atoms with Gasteiger partial charge in [-0.05, 0) is 26.0 Å². The van der Waals surface area contributed by atoms with Gasteiger partial charge in [-0.2, -0.15) is 5.10 Å². The fraction of sp³-hybridized carbons (Fsp3) is 0.333. The van der Waals surface area contributed by atoms with Gasteiger partial charge in [-0.1, -0.05) is 12.1 Å². The van der Waals surface area contributed by atoms with Gasteiger partial charge in [0.05, 0.1) is 17.1 Å². The van der Waals surface area contributed by atoms with Crippen molar-refractivity contribution in [3.63, 3.8) is 0 Å². The van der Waals surface area contributed by atoms with Gasteiger partial charge in [0.2, 0.25) is 5.91 Å². The van der Waals surface area contributed by atoms with Crippen LogP contribution >= 0.6 is 0 Å². The first-order valence-electron chi connectivity index (χ1n) is 7.40. The lowest BCUT2D eigenvalue weighted by Crippen LogP contribution is -2.29. The van der Waals surface area contributed by atoms with Crippen molar-refractivity contribution in [3.05, 3.63) is 46.4 Å². The van der Waals surface area contributed by atoms with Gasteiger partial charge in [0.25, 0.3) is 0 Å². The van der Waals surface area contributed by atoms with Crippen molar-refractivity contribution in [2.75, 3.05) is 0 Å². The first kappa shape index (κ1) is 15.0. The number of nitrogens with one attached hydrogen (secondary N) is 3. The minimum absolute atomic E-state index is 0.155. The summed E-state index contributed by atoms with van der Waals surface area (Å²) in [7, 11) is 0. The average Bonchev–Trinajstić information content (AvgIpc) is 3.08.